The van der Waals surface area contributed by atoms with Crippen molar-refractivity contribution in [1.29, 1.82) is 5.26 Å². The van der Waals surface area contributed by atoms with E-state index in [1.54, 1.807) is 24.3 Å². The quantitative estimate of drug-likeness (QED) is 0.795. The van der Waals surface area contributed by atoms with E-state index in [1.165, 1.54) is 0 Å². The van der Waals surface area contributed by atoms with E-state index in [4.69, 9.17) is 11.0 Å². The molecular weight excluding hydrogens is 310 g/mol. The summed E-state index contributed by atoms with van der Waals surface area (Å²) < 4.78 is 26.8. The molecule has 21 heavy (non-hydrogen) atoms. The molecule has 1 atom stereocenters. The summed E-state index contributed by atoms with van der Waals surface area (Å²) in [6.07, 6.45) is 0.702. The highest BCUT2D eigenvalue weighted by molar-refractivity contribution is 7.88. The maximum atomic E-state index is 12.1. The highest BCUT2D eigenvalue weighted by atomic mass is 35.5. The van der Waals surface area contributed by atoms with Gasteiger partial charge in [0.2, 0.25) is 10.0 Å². The van der Waals surface area contributed by atoms with E-state index in [-0.39, 0.29) is 30.7 Å². The van der Waals surface area contributed by atoms with Crippen LogP contribution in [0.1, 0.15) is 31.4 Å². The minimum absolute atomic E-state index is 0. The molecule has 0 amide bonds. The van der Waals surface area contributed by atoms with Crippen LogP contribution in [-0.2, 0) is 15.8 Å². The Kier molecular flexibility index (Phi) is 8.52. The molecule has 0 aromatic heterocycles. The second-order valence-electron chi connectivity index (χ2n) is 5.25. The molecule has 0 bridgehead atoms. The van der Waals surface area contributed by atoms with Gasteiger partial charge in [0.15, 0.2) is 0 Å². The topological polar surface area (TPSA) is 96.0 Å². The number of nitriles is 1. The Balaban J connectivity index is 0.00000400. The maximum Gasteiger partial charge on any atom is 0.216 e. The Bertz CT molecular complexity index is 582. The summed E-state index contributed by atoms with van der Waals surface area (Å²) in [6.45, 7) is 4.32. The molecular formula is C14H22ClN3O2S. The first-order valence-electron chi connectivity index (χ1n) is 6.55. The van der Waals surface area contributed by atoms with E-state index in [2.05, 4.69) is 4.72 Å². The van der Waals surface area contributed by atoms with E-state index in [0.29, 0.717) is 23.5 Å². The number of rotatable bonds is 7. The number of hydrogen-bond acceptors (Lipinski definition) is 4. The summed E-state index contributed by atoms with van der Waals surface area (Å²) in [7, 11) is -3.46. The second kappa shape index (κ2) is 9.00. The highest BCUT2D eigenvalue weighted by Gasteiger charge is 2.18. The monoisotopic (exact) mass is 331 g/mol. The number of sulfonamides is 1. The molecule has 0 saturated heterocycles. The van der Waals surface area contributed by atoms with Gasteiger partial charge in [0.05, 0.1) is 17.4 Å². The summed E-state index contributed by atoms with van der Waals surface area (Å²) >= 11 is 0. The molecule has 0 saturated carbocycles. The number of nitrogens with one attached hydrogen (secondary N) is 1. The summed E-state index contributed by atoms with van der Waals surface area (Å²) in [4.78, 5) is 0. The molecule has 1 aromatic rings. The average molecular weight is 332 g/mol. The van der Waals surface area contributed by atoms with Gasteiger partial charge in [-0.25, -0.2) is 13.1 Å². The third-order valence-electron chi connectivity index (χ3n) is 2.80. The van der Waals surface area contributed by atoms with Gasteiger partial charge < -0.3 is 5.73 Å². The van der Waals surface area contributed by atoms with Crippen molar-refractivity contribution in [2.45, 2.75) is 32.1 Å². The first-order chi connectivity index (χ1) is 9.36. The smallest absolute Gasteiger partial charge is 0.216 e. The third-order valence-corrected chi connectivity index (χ3v) is 4.21. The molecule has 0 aliphatic carbocycles. The van der Waals surface area contributed by atoms with Crippen molar-refractivity contribution in [2.75, 3.05) is 6.54 Å². The van der Waals surface area contributed by atoms with Crippen LogP contribution in [-0.4, -0.2) is 21.0 Å². The molecule has 1 unspecified atom stereocenters. The zero-order chi connectivity index (χ0) is 15.2. The molecule has 118 valence electrons. The molecule has 7 heteroatoms. The molecule has 5 nitrogen and oxygen atoms in total. The minimum Gasteiger partial charge on any atom is -0.329 e. The van der Waals surface area contributed by atoms with Crippen molar-refractivity contribution in [3.8, 4) is 6.07 Å². The van der Waals surface area contributed by atoms with Crippen LogP contribution in [0.3, 0.4) is 0 Å². The van der Waals surface area contributed by atoms with Crippen molar-refractivity contribution >= 4 is 22.4 Å². The average Bonchev–Trinajstić information content (AvgIpc) is 2.36. The van der Waals surface area contributed by atoms with Crippen LogP contribution in [0.2, 0.25) is 0 Å². The van der Waals surface area contributed by atoms with Gasteiger partial charge in [0.1, 0.15) is 0 Å². The van der Waals surface area contributed by atoms with Crippen LogP contribution in [0.4, 0.5) is 0 Å². The van der Waals surface area contributed by atoms with E-state index >= 15 is 0 Å². The third kappa shape index (κ3) is 7.44. The molecule has 0 aliphatic rings. The van der Waals surface area contributed by atoms with Crippen LogP contribution in [0, 0.1) is 17.2 Å². The van der Waals surface area contributed by atoms with Crippen molar-refractivity contribution in [1.82, 2.24) is 4.72 Å². The Morgan fingerprint density at radius 2 is 2.05 bits per heavy atom. The molecule has 0 heterocycles. The van der Waals surface area contributed by atoms with Gasteiger partial charge in [0, 0.05) is 12.6 Å². The minimum atomic E-state index is -3.46. The van der Waals surface area contributed by atoms with Crippen LogP contribution in [0.25, 0.3) is 0 Å². The van der Waals surface area contributed by atoms with Crippen molar-refractivity contribution in [3.05, 3.63) is 35.4 Å². The summed E-state index contributed by atoms with van der Waals surface area (Å²) in [6, 6.07) is 8.34. The fraction of sp³-hybridized carbons (Fsp3) is 0.500. The molecule has 0 aliphatic heterocycles. The van der Waals surface area contributed by atoms with Crippen LogP contribution in [0.15, 0.2) is 24.3 Å². The van der Waals surface area contributed by atoms with E-state index in [1.807, 2.05) is 19.9 Å². The largest absolute Gasteiger partial charge is 0.329 e. The van der Waals surface area contributed by atoms with Crippen molar-refractivity contribution in [3.63, 3.8) is 0 Å². The SMILES string of the molecule is CC(C)CC(CN)NS(=O)(=O)Cc1cccc(C#N)c1.Cl. The lowest BCUT2D eigenvalue weighted by Gasteiger charge is -2.18. The molecule has 1 rings (SSSR count). The van der Waals surface area contributed by atoms with Gasteiger partial charge in [-0.15, -0.1) is 12.4 Å². The zero-order valence-electron chi connectivity index (χ0n) is 12.2. The van der Waals surface area contributed by atoms with Gasteiger partial charge in [-0.05, 0) is 30.0 Å². The Morgan fingerprint density at radius 1 is 1.38 bits per heavy atom. The number of benzene rings is 1. The number of nitrogens with zero attached hydrogens (tertiary/aromatic N) is 1. The number of hydrogen-bond donors (Lipinski definition) is 2. The molecule has 0 spiro atoms. The lowest BCUT2D eigenvalue weighted by Crippen LogP contribution is -2.41. The lowest BCUT2D eigenvalue weighted by atomic mass is 10.1. The van der Waals surface area contributed by atoms with Gasteiger partial charge >= 0.3 is 0 Å². The standard InChI is InChI=1S/C14H21N3O2S.ClH/c1-11(2)6-14(9-16)17-20(18,19)10-13-5-3-4-12(7-13)8-15;/h3-5,7,11,14,17H,6,9-10,16H2,1-2H3;1H. The van der Waals surface area contributed by atoms with E-state index in [9.17, 15) is 8.42 Å². The fourth-order valence-corrected chi connectivity index (χ4v) is 3.41. The highest BCUT2D eigenvalue weighted by Crippen LogP contribution is 2.10. The van der Waals surface area contributed by atoms with Crippen LogP contribution < -0.4 is 10.5 Å². The molecule has 1 aromatic carbocycles. The van der Waals surface area contributed by atoms with Gasteiger partial charge in [0.25, 0.3) is 0 Å². The maximum absolute atomic E-state index is 12.1. The van der Waals surface area contributed by atoms with Gasteiger partial charge in [-0.3, -0.25) is 0 Å². The fourth-order valence-electron chi connectivity index (χ4n) is 2.01. The zero-order valence-corrected chi connectivity index (χ0v) is 13.9. The summed E-state index contributed by atoms with van der Waals surface area (Å²) in [5, 5.41) is 8.81. The molecule has 0 fully saturated rings. The first kappa shape index (κ1) is 19.9. The number of halogens is 1. The van der Waals surface area contributed by atoms with E-state index in [0.717, 1.165) is 0 Å². The van der Waals surface area contributed by atoms with Gasteiger partial charge in [-0.2, -0.15) is 5.26 Å². The Morgan fingerprint density at radius 3 is 2.57 bits per heavy atom. The van der Waals surface area contributed by atoms with Crippen LogP contribution >= 0.6 is 12.4 Å². The predicted molar refractivity (Wildman–Crippen MR) is 86.5 cm³/mol. The van der Waals surface area contributed by atoms with Crippen molar-refractivity contribution in [2.24, 2.45) is 11.7 Å². The van der Waals surface area contributed by atoms with Crippen LogP contribution in [0.5, 0.6) is 0 Å². The predicted octanol–water partition coefficient (Wildman–Crippen LogP) is 1.77. The summed E-state index contributed by atoms with van der Waals surface area (Å²) in [5.41, 5.74) is 6.65. The normalized spacial score (nSPS) is 12.5. The Labute approximate surface area is 133 Å². The van der Waals surface area contributed by atoms with Gasteiger partial charge in [-0.1, -0.05) is 26.0 Å². The number of nitrogens with two attached hydrogens (primary N) is 1. The Hall–Kier alpha value is -1.13. The van der Waals surface area contributed by atoms with Crippen molar-refractivity contribution < 1.29 is 8.42 Å². The molecule has 0 radical (unpaired) electrons. The lowest BCUT2D eigenvalue weighted by molar-refractivity contribution is 0.465. The second-order valence-corrected chi connectivity index (χ2v) is 7.01. The molecule has 3 N–H and O–H groups in total. The summed E-state index contributed by atoms with van der Waals surface area (Å²) in [5.74, 6) is 0.227. The van der Waals surface area contributed by atoms with E-state index < -0.39 is 10.0 Å². The first-order valence-corrected chi connectivity index (χ1v) is 8.20.